The standard InChI is InChI=1S/C8H8NO2/c1-3-5-9(6-4-2)8(11)7-10/h7H2,1-2H3. The van der Waals surface area contributed by atoms with Gasteiger partial charge in [0, 0.05) is 12.1 Å². The molecule has 0 rings (SSSR count). The maximum absolute atomic E-state index is 10.7. The summed E-state index contributed by atoms with van der Waals surface area (Å²) in [6.07, 6.45) is 0. The molecule has 0 bridgehead atoms. The summed E-state index contributed by atoms with van der Waals surface area (Å²) in [5.74, 6) is 4.35. The minimum atomic E-state index is -0.816. The largest absolute Gasteiger partial charge is 0.275 e. The van der Waals surface area contributed by atoms with Gasteiger partial charge in [-0.25, -0.2) is 5.11 Å². The number of rotatable bonds is 1. The molecule has 0 aromatic rings. The van der Waals surface area contributed by atoms with Crippen molar-refractivity contribution in [3.63, 3.8) is 0 Å². The van der Waals surface area contributed by atoms with Crippen LogP contribution in [0.15, 0.2) is 0 Å². The van der Waals surface area contributed by atoms with E-state index in [1.54, 1.807) is 13.8 Å². The van der Waals surface area contributed by atoms with E-state index in [2.05, 4.69) is 23.9 Å². The monoisotopic (exact) mass is 150 g/mol. The summed E-state index contributed by atoms with van der Waals surface area (Å²) in [4.78, 5) is 11.6. The van der Waals surface area contributed by atoms with E-state index in [4.69, 9.17) is 0 Å². The molecule has 3 nitrogen and oxygen atoms in total. The summed E-state index contributed by atoms with van der Waals surface area (Å²) in [6.45, 7) is 2.33. The minimum Gasteiger partial charge on any atom is -0.270 e. The minimum absolute atomic E-state index is 0.617. The van der Waals surface area contributed by atoms with E-state index in [9.17, 15) is 9.90 Å². The first-order valence-electron chi connectivity index (χ1n) is 3.02. The Morgan fingerprint density at radius 1 is 1.27 bits per heavy atom. The molecule has 0 aromatic carbocycles. The van der Waals surface area contributed by atoms with Crippen LogP contribution < -0.4 is 0 Å². The molecule has 0 aliphatic rings. The summed E-state index contributed by atoms with van der Waals surface area (Å²) in [5, 5.41) is 10.1. The van der Waals surface area contributed by atoms with Crippen LogP contribution in [0.1, 0.15) is 13.8 Å². The first kappa shape index (κ1) is 9.55. The molecule has 57 valence electrons. The molecule has 0 saturated carbocycles. The zero-order valence-electron chi connectivity index (χ0n) is 6.47. The molecular weight excluding hydrogens is 142 g/mol. The van der Waals surface area contributed by atoms with Gasteiger partial charge in [0.25, 0.3) is 5.91 Å². The average Bonchev–Trinajstić information content (AvgIpc) is 2.03. The molecule has 3 heteroatoms. The van der Waals surface area contributed by atoms with Crippen molar-refractivity contribution in [2.45, 2.75) is 13.8 Å². The molecule has 0 aliphatic heterocycles. The van der Waals surface area contributed by atoms with E-state index in [0.29, 0.717) is 0 Å². The Morgan fingerprint density at radius 3 is 2.00 bits per heavy atom. The Bertz CT molecular complexity index is 229. The number of hydrogen-bond acceptors (Lipinski definition) is 1. The average molecular weight is 150 g/mol. The summed E-state index contributed by atoms with van der Waals surface area (Å²) in [7, 11) is 0. The van der Waals surface area contributed by atoms with Crippen molar-refractivity contribution >= 4 is 5.91 Å². The van der Waals surface area contributed by atoms with Crippen LogP contribution in [0.3, 0.4) is 0 Å². The topological polar surface area (TPSA) is 40.2 Å². The van der Waals surface area contributed by atoms with Gasteiger partial charge in [0.2, 0.25) is 0 Å². The molecule has 0 heterocycles. The number of carbonyl (C=O) groups is 1. The molecule has 11 heavy (non-hydrogen) atoms. The summed E-state index contributed by atoms with van der Waals surface area (Å²) in [6, 6.07) is 4.79. The highest BCUT2D eigenvalue weighted by Crippen LogP contribution is 1.83. The van der Waals surface area contributed by atoms with Crippen molar-refractivity contribution in [2.24, 2.45) is 0 Å². The van der Waals surface area contributed by atoms with E-state index in [1.807, 2.05) is 0 Å². The maximum Gasteiger partial charge on any atom is 0.275 e. The van der Waals surface area contributed by atoms with Crippen LogP contribution in [0.2, 0.25) is 0 Å². The van der Waals surface area contributed by atoms with Crippen molar-refractivity contribution in [1.82, 2.24) is 4.90 Å². The van der Waals surface area contributed by atoms with Crippen LogP contribution in [0.25, 0.3) is 0 Å². The Morgan fingerprint density at radius 2 is 1.73 bits per heavy atom. The van der Waals surface area contributed by atoms with Gasteiger partial charge >= 0.3 is 0 Å². The quantitative estimate of drug-likeness (QED) is 0.389. The number of nitrogens with zero attached hydrogens (tertiary/aromatic N) is 1. The fourth-order valence-electron chi connectivity index (χ4n) is 0.441. The van der Waals surface area contributed by atoms with E-state index in [1.165, 1.54) is 0 Å². The third kappa shape index (κ3) is 3.30. The predicted octanol–water partition coefficient (Wildman–Crippen LogP) is 0.207. The van der Waals surface area contributed by atoms with E-state index >= 15 is 0 Å². The Balaban J connectivity index is 4.38. The third-order valence-electron chi connectivity index (χ3n) is 0.820. The molecule has 0 N–H and O–H groups in total. The van der Waals surface area contributed by atoms with E-state index < -0.39 is 12.5 Å². The lowest BCUT2D eigenvalue weighted by Gasteiger charge is -2.02. The lowest BCUT2D eigenvalue weighted by molar-refractivity contribution is -0.130. The van der Waals surface area contributed by atoms with E-state index in [0.717, 1.165) is 4.90 Å². The lowest BCUT2D eigenvalue weighted by atomic mass is 10.5. The van der Waals surface area contributed by atoms with Crippen molar-refractivity contribution in [2.75, 3.05) is 6.61 Å². The number of carbonyl (C=O) groups excluding carboxylic acids is 1. The van der Waals surface area contributed by atoms with Gasteiger partial charge in [0.05, 0.1) is 0 Å². The van der Waals surface area contributed by atoms with Gasteiger partial charge in [-0.05, 0) is 13.8 Å². The highest BCUT2D eigenvalue weighted by molar-refractivity contribution is 5.80. The molecule has 0 spiro atoms. The molecule has 0 unspecified atom stereocenters. The highest BCUT2D eigenvalue weighted by Gasteiger charge is 2.06. The normalized spacial score (nSPS) is 6.82. The van der Waals surface area contributed by atoms with Gasteiger partial charge in [0.1, 0.15) is 0 Å². The summed E-state index contributed by atoms with van der Waals surface area (Å²) < 4.78 is 0. The van der Waals surface area contributed by atoms with Crippen molar-refractivity contribution in [3.05, 3.63) is 0 Å². The smallest absolute Gasteiger partial charge is 0.270 e. The fraction of sp³-hybridized carbons (Fsp3) is 0.375. The molecule has 0 aliphatic carbocycles. The highest BCUT2D eigenvalue weighted by atomic mass is 16.3. The summed E-state index contributed by atoms with van der Waals surface area (Å²) in [5.41, 5.74) is 0. The van der Waals surface area contributed by atoms with Gasteiger partial charge < -0.3 is 0 Å². The molecular formula is C8H8NO2. The molecule has 1 amide bonds. The first-order chi connectivity index (χ1) is 5.26. The Hall–Kier alpha value is -1.45. The lowest BCUT2D eigenvalue weighted by Crippen LogP contribution is -2.23. The van der Waals surface area contributed by atoms with Crippen LogP contribution in [-0.2, 0) is 9.90 Å². The van der Waals surface area contributed by atoms with Gasteiger partial charge in [-0.15, -0.1) is 0 Å². The molecule has 0 atom stereocenters. The van der Waals surface area contributed by atoms with Crippen LogP contribution in [0, 0.1) is 23.9 Å². The van der Waals surface area contributed by atoms with Crippen LogP contribution >= 0.6 is 0 Å². The zero-order chi connectivity index (χ0) is 8.69. The zero-order valence-corrected chi connectivity index (χ0v) is 6.47. The molecule has 0 saturated heterocycles. The van der Waals surface area contributed by atoms with Gasteiger partial charge in [-0.2, -0.15) is 4.90 Å². The Labute approximate surface area is 66.0 Å². The third-order valence-corrected chi connectivity index (χ3v) is 0.820. The van der Waals surface area contributed by atoms with Crippen LogP contribution in [-0.4, -0.2) is 17.4 Å². The fourth-order valence-corrected chi connectivity index (χ4v) is 0.441. The molecule has 1 radical (unpaired) electrons. The first-order valence-corrected chi connectivity index (χ1v) is 3.02. The second-order valence-corrected chi connectivity index (χ2v) is 1.60. The van der Waals surface area contributed by atoms with Crippen molar-refractivity contribution < 1.29 is 9.90 Å². The number of amides is 1. The second-order valence-electron chi connectivity index (χ2n) is 1.60. The van der Waals surface area contributed by atoms with Crippen molar-refractivity contribution in [3.8, 4) is 23.9 Å². The molecule has 0 fully saturated rings. The van der Waals surface area contributed by atoms with Gasteiger partial charge in [-0.3, -0.25) is 4.79 Å². The molecule has 0 aromatic heterocycles. The van der Waals surface area contributed by atoms with Gasteiger partial charge in [-0.1, -0.05) is 11.8 Å². The van der Waals surface area contributed by atoms with E-state index in [-0.39, 0.29) is 0 Å². The van der Waals surface area contributed by atoms with Gasteiger partial charge in [0.15, 0.2) is 6.61 Å². The maximum atomic E-state index is 10.7. The van der Waals surface area contributed by atoms with Crippen molar-refractivity contribution in [1.29, 1.82) is 0 Å². The number of hydrogen-bond donors (Lipinski definition) is 0. The van der Waals surface area contributed by atoms with Crippen LogP contribution in [0.4, 0.5) is 0 Å². The summed E-state index contributed by atoms with van der Waals surface area (Å²) >= 11 is 0. The SMILES string of the molecule is CC#CN(C#CC)C(=O)C[O]. The van der Waals surface area contributed by atoms with Crippen LogP contribution in [0.5, 0.6) is 0 Å². The Kier molecular flexibility index (Phi) is 4.64. The second kappa shape index (κ2) is 5.34. The predicted molar refractivity (Wildman–Crippen MR) is 39.3 cm³/mol.